The molecule has 4 heteroatoms. The summed E-state index contributed by atoms with van der Waals surface area (Å²) in [6, 6.07) is 1.98. The van der Waals surface area contributed by atoms with Crippen molar-refractivity contribution in [2.45, 2.75) is 19.4 Å². The van der Waals surface area contributed by atoms with Crippen molar-refractivity contribution in [2.75, 3.05) is 7.11 Å². The van der Waals surface area contributed by atoms with Crippen LogP contribution in [0.15, 0.2) is 11.4 Å². The van der Waals surface area contributed by atoms with Gasteiger partial charge in [0.05, 0.1) is 0 Å². The molecule has 0 amide bonds. The Kier molecular flexibility index (Phi) is 3.45. The number of carbonyl (C=O) groups is 1. The van der Waals surface area contributed by atoms with E-state index in [4.69, 9.17) is 9.84 Å². The van der Waals surface area contributed by atoms with Crippen LogP contribution in [0.5, 0.6) is 0 Å². The van der Waals surface area contributed by atoms with Gasteiger partial charge in [-0.1, -0.05) is 0 Å². The maximum Gasteiger partial charge on any atom is 0.333 e. The van der Waals surface area contributed by atoms with Crippen LogP contribution >= 0.6 is 11.3 Å². The Hall–Kier alpha value is -0.870. The van der Waals surface area contributed by atoms with Gasteiger partial charge in [-0.05, 0) is 23.9 Å². The van der Waals surface area contributed by atoms with E-state index in [1.54, 1.807) is 11.3 Å². The van der Waals surface area contributed by atoms with Crippen LogP contribution in [0, 0.1) is 6.92 Å². The van der Waals surface area contributed by atoms with E-state index < -0.39 is 12.1 Å². The first kappa shape index (κ1) is 10.2. The summed E-state index contributed by atoms with van der Waals surface area (Å²) in [6.45, 7) is 1.97. The molecule has 0 radical (unpaired) electrons. The summed E-state index contributed by atoms with van der Waals surface area (Å²) in [4.78, 5) is 11.7. The van der Waals surface area contributed by atoms with Crippen LogP contribution in [0.2, 0.25) is 0 Å². The predicted molar refractivity (Wildman–Crippen MR) is 51.2 cm³/mol. The Morgan fingerprint density at radius 2 is 2.46 bits per heavy atom. The molecule has 0 aliphatic carbocycles. The Labute approximate surface area is 81.0 Å². The monoisotopic (exact) mass is 200 g/mol. The molecule has 3 nitrogen and oxygen atoms in total. The molecule has 1 atom stereocenters. The topological polar surface area (TPSA) is 46.5 Å². The summed E-state index contributed by atoms with van der Waals surface area (Å²) in [6.07, 6.45) is -0.271. The molecule has 72 valence electrons. The predicted octanol–water partition coefficient (Wildman–Crippen LogP) is 1.70. The van der Waals surface area contributed by atoms with E-state index in [1.807, 2.05) is 18.4 Å². The fourth-order valence-electron chi connectivity index (χ4n) is 1.05. The lowest BCUT2D eigenvalue weighted by Crippen LogP contribution is -2.24. The molecular formula is C9H12O3S. The zero-order chi connectivity index (χ0) is 9.84. The zero-order valence-electron chi connectivity index (χ0n) is 7.61. The van der Waals surface area contributed by atoms with Crippen molar-refractivity contribution in [2.24, 2.45) is 0 Å². The van der Waals surface area contributed by atoms with Gasteiger partial charge in [-0.15, -0.1) is 11.3 Å². The van der Waals surface area contributed by atoms with Gasteiger partial charge in [0.25, 0.3) is 0 Å². The summed E-state index contributed by atoms with van der Waals surface area (Å²) in [5.74, 6) is -0.907. The van der Waals surface area contributed by atoms with E-state index in [9.17, 15) is 4.79 Å². The summed E-state index contributed by atoms with van der Waals surface area (Å²) in [5.41, 5.74) is 1.13. The van der Waals surface area contributed by atoms with Crippen LogP contribution in [0.1, 0.15) is 10.4 Å². The van der Waals surface area contributed by atoms with Crippen molar-refractivity contribution in [3.05, 3.63) is 21.9 Å². The van der Waals surface area contributed by atoms with Crippen molar-refractivity contribution < 1.29 is 14.6 Å². The van der Waals surface area contributed by atoms with E-state index in [0.29, 0.717) is 6.42 Å². The minimum absolute atomic E-state index is 0.454. The van der Waals surface area contributed by atoms with E-state index in [1.165, 1.54) is 7.11 Å². The smallest absolute Gasteiger partial charge is 0.333 e. The highest BCUT2D eigenvalue weighted by atomic mass is 32.1. The molecule has 1 aromatic heterocycles. The molecule has 1 N–H and O–H groups in total. The number of ether oxygens (including phenoxy) is 1. The lowest BCUT2D eigenvalue weighted by molar-refractivity contribution is -0.148. The molecule has 0 aromatic carbocycles. The van der Waals surface area contributed by atoms with Gasteiger partial charge >= 0.3 is 5.97 Å². The van der Waals surface area contributed by atoms with E-state index >= 15 is 0 Å². The van der Waals surface area contributed by atoms with Crippen LogP contribution < -0.4 is 0 Å². The minimum Gasteiger partial charge on any atom is -0.479 e. The first-order chi connectivity index (χ1) is 6.15. The van der Waals surface area contributed by atoms with Crippen LogP contribution in [-0.4, -0.2) is 24.3 Å². The van der Waals surface area contributed by atoms with Gasteiger partial charge in [-0.3, -0.25) is 0 Å². The number of hydrogen-bond donors (Lipinski definition) is 1. The molecule has 0 saturated heterocycles. The highest BCUT2D eigenvalue weighted by Gasteiger charge is 2.18. The molecule has 1 heterocycles. The number of carboxylic acids is 1. The number of hydrogen-bond acceptors (Lipinski definition) is 3. The van der Waals surface area contributed by atoms with Crippen LogP contribution in [0.25, 0.3) is 0 Å². The average Bonchev–Trinajstić information content (AvgIpc) is 2.46. The Morgan fingerprint density at radius 3 is 2.85 bits per heavy atom. The molecule has 1 rings (SSSR count). The second-order valence-electron chi connectivity index (χ2n) is 2.79. The number of aliphatic carboxylic acids is 1. The summed E-state index contributed by atoms with van der Waals surface area (Å²) in [5, 5.41) is 10.7. The molecule has 0 spiro atoms. The Morgan fingerprint density at radius 1 is 1.77 bits per heavy atom. The van der Waals surface area contributed by atoms with Gasteiger partial charge in [-0.2, -0.15) is 0 Å². The molecule has 0 saturated carbocycles. The summed E-state index contributed by atoms with van der Waals surface area (Å²) < 4.78 is 4.85. The van der Waals surface area contributed by atoms with Crippen molar-refractivity contribution in [3.63, 3.8) is 0 Å². The highest BCUT2D eigenvalue weighted by molar-refractivity contribution is 7.10. The van der Waals surface area contributed by atoms with Gasteiger partial charge in [0.15, 0.2) is 6.10 Å². The summed E-state index contributed by atoms with van der Waals surface area (Å²) in [7, 11) is 1.42. The Bertz CT molecular complexity index is 293. The van der Waals surface area contributed by atoms with Gasteiger partial charge in [0.2, 0.25) is 0 Å². The quantitative estimate of drug-likeness (QED) is 0.804. The fourth-order valence-corrected chi connectivity index (χ4v) is 1.99. The normalized spacial score (nSPS) is 12.8. The lowest BCUT2D eigenvalue weighted by Gasteiger charge is -2.09. The fraction of sp³-hybridized carbons (Fsp3) is 0.444. The maximum absolute atomic E-state index is 10.6. The molecule has 1 unspecified atom stereocenters. The molecule has 0 fully saturated rings. The van der Waals surface area contributed by atoms with Crippen molar-refractivity contribution in [1.82, 2.24) is 0 Å². The number of methoxy groups -OCH3 is 1. The van der Waals surface area contributed by atoms with Crippen molar-refractivity contribution in [3.8, 4) is 0 Å². The van der Waals surface area contributed by atoms with Crippen LogP contribution in [0.3, 0.4) is 0 Å². The minimum atomic E-state index is -0.907. The SMILES string of the molecule is COC(Cc1sccc1C)C(=O)O. The summed E-state index contributed by atoms with van der Waals surface area (Å²) >= 11 is 1.57. The number of carboxylic acid groups (broad SMARTS) is 1. The number of thiophene rings is 1. The van der Waals surface area contributed by atoms with E-state index in [0.717, 1.165) is 10.4 Å². The first-order valence-electron chi connectivity index (χ1n) is 3.93. The maximum atomic E-state index is 10.6. The second kappa shape index (κ2) is 4.39. The van der Waals surface area contributed by atoms with Gasteiger partial charge < -0.3 is 9.84 Å². The van der Waals surface area contributed by atoms with Gasteiger partial charge in [-0.25, -0.2) is 4.79 Å². The van der Waals surface area contributed by atoms with Crippen molar-refractivity contribution in [1.29, 1.82) is 0 Å². The first-order valence-corrected chi connectivity index (χ1v) is 4.81. The highest BCUT2D eigenvalue weighted by Crippen LogP contribution is 2.18. The third-order valence-corrected chi connectivity index (χ3v) is 2.94. The lowest BCUT2D eigenvalue weighted by atomic mass is 10.1. The molecule has 1 aromatic rings. The largest absolute Gasteiger partial charge is 0.479 e. The zero-order valence-corrected chi connectivity index (χ0v) is 8.43. The number of rotatable bonds is 4. The Balaban J connectivity index is 2.67. The average molecular weight is 200 g/mol. The molecule has 13 heavy (non-hydrogen) atoms. The van der Waals surface area contributed by atoms with Gasteiger partial charge in [0.1, 0.15) is 0 Å². The third kappa shape index (κ3) is 2.54. The molecular weight excluding hydrogens is 188 g/mol. The number of aryl methyl sites for hydroxylation is 1. The third-order valence-electron chi connectivity index (χ3n) is 1.90. The van der Waals surface area contributed by atoms with E-state index in [-0.39, 0.29) is 0 Å². The van der Waals surface area contributed by atoms with Gasteiger partial charge in [0, 0.05) is 18.4 Å². The van der Waals surface area contributed by atoms with Crippen LogP contribution in [-0.2, 0) is 16.0 Å². The standard InChI is InChI=1S/C9H12O3S/c1-6-3-4-13-8(6)5-7(12-2)9(10)11/h3-4,7H,5H2,1-2H3,(H,10,11). The van der Waals surface area contributed by atoms with Crippen LogP contribution in [0.4, 0.5) is 0 Å². The second-order valence-corrected chi connectivity index (χ2v) is 3.79. The van der Waals surface area contributed by atoms with E-state index in [2.05, 4.69) is 0 Å². The molecule has 0 bridgehead atoms. The van der Waals surface area contributed by atoms with Crippen molar-refractivity contribution >= 4 is 17.3 Å². The molecule has 0 aliphatic heterocycles. The molecule has 0 aliphatic rings.